The van der Waals surface area contributed by atoms with Gasteiger partial charge in [-0.25, -0.2) is 0 Å². The van der Waals surface area contributed by atoms with Crippen LogP contribution in [0.5, 0.6) is 0 Å². The number of carbonyl (C=O) groups is 1. The first kappa shape index (κ1) is 17.7. The number of hydrogen-bond donors (Lipinski definition) is 2. The van der Waals surface area contributed by atoms with Crippen LogP contribution in [0.15, 0.2) is 24.3 Å². The van der Waals surface area contributed by atoms with Crippen LogP contribution in [-0.4, -0.2) is 18.0 Å². The molecule has 0 aliphatic heterocycles. The van der Waals surface area contributed by atoms with E-state index < -0.39 is 6.04 Å². The van der Waals surface area contributed by atoms with Crippen LogP contribution in [0.2, 0.25) is 0 Å². The van der Waals surface area contributed by atoms with Crippen LogP contribution in [0, 0.1) is 5.92 Å². The zero-order valence-corrected chi connectivity index (χ0v) is 14.0. The number of nitrogens with one attached hydrogen (secondary N) is 1. The van der Waals surface area contributed by atoms with Crippen molar-refractivity contribution < 1.29 is 4.79 Å². The second-order valence-electron chi connectivity index (χ2n) is 6.42. The third kappa shape index (κ3) is 5.50. The van der Waals surface area contributed by atoms with Gasteiger partial charge in [0.2, 0.25) is 5.91 Å². The van der Waals surface area contributed by atoms with Gasteiger partial charge in [0, 0.05) is 6.04 Å². The molecule has 1 aromatic carbocycles. The topological polar surface area (TPSA) is 55.1 Å². The average Bonchev–Trinajstić information content (AvgIpc) is 2.45. The number of benzene rings is 1. The molecule has 0 saturated heterocycles. The van der Waals surface area contributed by atoms with E-state index in [1.165, 1.54) is 11.1 Å². The Kier molecular flexibility index (Phi) is 6.90. The Balaban J connectivity index is 2.53. The Morgan fingerprint density at radius 2 is 1.71 bits per heavy atom. The fraction of sp³-hybridized carbons (Fsp3) is 0.611. The van der Waals surface area contributed by atoms with Crippen molar-refractivity contribution >= 4 is 5.91 Å². The summed E-state index contributed by atoms with van der Waals surface area (Å²) in [6, 6.07) is 8.30. The molecule has 3 N–H and O–H groups in total. The molecule has 0 heterocycles. The minimum absolute atomic E-state index is 0.0457. The fourth-order valence-corrected chi connectivity index (χ4v) is 2.29. The third-order valence-electron chi connectivity index (χ3n) is 4.14. The van der Waals surface area contributed by atoms with Crippen LogP contribution in [-0.2, 0) is 11.2 Å². The van der Waals surface area contributed by atoms with E-state index in [1.807, 2.05) is 13.8 Å². The van der Waals surface area contributed by atoms with Crippen molar-refractivity contribution in [2.24, 2.45) is 11.7 Å². The maximum Gasteiger partial charge on any atom is 0.237 e. The average molecular weight is 290 g/mol. The molecule has 1 rings (SSSR count). The summed E-state index contributed by atoms with van der Waals surface area (Å²) in [4.78, 5) is 12.1. The minimum atomic E-state index is -0.416. The van der Waals surface area contributed by atoms with Crippen LogP contribution < -0.4 is 11.1 Å². The summed E-state index contributed by atoms with van der Waals surface area (Å²) in [5.41, 5.74) is 8.54. The standard InChI is InChI=1S/C18H30N2O/c1-6-13(4)17(19)18(21)20-14(5)11-15-7-9-16(10-8-15)12(2)3/h7-10,12-14,17H,6,11,19H2,1-5H3,(H,20,21). The van der Waals surface area contributed by atoms with Crippen molar-refractivity contribution in [3.8, 4) is 0 Å². The predicted molar refractivity (Wildman–Crippen MR) is 89.3 cm³/mol. The van der Waals surface area contributed by atoms with Gasteiger partial charge in [-0.2, -0.15) is 0 Å². The molecule has 0 bridgehead atoms. The first-order chi connectivity index (χ1) is 9.85. The lowest BCUT2D eigenvalue weighted by molar-refractivity contribution is -0.124. The lowest BCUT2D eigenvalue weighted by atomic mass is 9.98. The second-order valence-corrected chi connectivity index (χ2v) is 6.42. The summed E-state index contributed by atoms with van der Waals surface area (Å²) in [7, 11) is 0. The van der Waals surface area contributed by atoms with Gasteiger partial charge >= 0.3 is 0 Å². The quantitative estimate of drug-likeness (QED) is 0.810. The van der Waals surface area contributed by atoms with Crippen molar-refractivity contribution in [3.63, 3.8) is 0 Å². The molecule has 3 nitrogen and oxygen atoms in total. The summed E-state index contributed by atoms with van der Waals surface area (Å²) >= 11 is 0. The molecule has 0 spiro atoms. The minimum Gasteiger partial charge on any atom is -0.352 e. The summed E-state index contributed by atoms with van der Waals surface area (Å²) in [5.74, 6) is 0.711. The Hall–Kier alpha value is -1.35. The van der Waals surface area contributed by atoms with Crippen molar-refractivity contribution in [2.75, 3.05) is 0 Å². The molecular weight excluding hydrogens is 260 g/mol. The molecule has 0 aliphatic carbocycles. The molecule has 21 heavy (non-hydrogen) atoms. The van der Waals surface area contributed by atoms with Gasteiger partial charge in [0.05, 0.1) is 6.04 Å². The Morgan fingerprint density at radius 3 is 2.19 bits per heavy atom. The van der Waals surface area contributed by atoms with E-state index in [0.717, 1.165) is 12.8 Å². The van der Waals surface area contributed by atoms with Crippen molar-refractivity contribution in [2.45, 2.75) is 65.5 Å². The van der Waals surface area contributed by atoms with Crippen molar-refractivity contribution in [1.29, 1.82) is 0 Å². The Bertz CT molecular complexity index is 439. The number of nitrogens with two attached hydrogens (primary N) is 1. The highest BCUT2D eigenvalue weighted by molar-refractivity contribution is 5.82. The molecule has 0 radical (unpaired) electrons. The highest BCUT2D eigenvalue weighted by Crippen LogP contribution is 2.15. The van der Waals surface area contributed by atoms with Gasteiger partial charge in [-0.15, -0.1) is 0 Å². The van der Waals surface area contributed by atoms with E-state index in [0.29, 0.717) is 5.92 Å². The number of amides is 1. The van der Waals surface area contributed by atoms with E-state index >= 15 is 0 Å². The monoisotopic (exact) mass is 290 g/mol. The zero-order valence-electron chi connectivity index (χ0n) is 14.0. The summed E-state index contributed by atoms with van der Waals surface area (Å²) in [6.45, 7) is 10.5. The molecule has 1 amide bonds. The first-order valence-corrected chi connectivity index (χ1v) is 7.99. The summed E-state index contributed by atoms with van der Waals surface area (Å²) < 4.78 is 0. The molecule has 0 saturated carbocycles. The smallest absolute Gasteiger partial charge is 0.237 e. The number of rotatable bonds is 7. The highest BCUT2D eigenvalue weighted by Gasteiger charge is 2.20. The molecule has 0 aromatic heterocycles. The van der Waals surface area contributed by atoms with Crippen LogP contribution in [0.3, 0.4) is 0 Å². The third-order valence-corrected chi connectivity index (χ3v) is 4.14. The van der Waals surface area contributed by atoms with Gasteiger partial charge in [0.1, 0.15) is 0 Å². The lowest BCUT2D eigenvalue weighted by Gasteiger charge is -2.21. The maximum absolute atomic E-state index is 12.1. The molecule has 3 heteroatoms. The SMILES string of the molecule is CCC(C)C(N)C(=O)NC(C)Cc1ccc(C(C)C)cc1. The van der Waals surface area contributed by atoms with Crippen molar-refractivity contribution in [3.05, 3.63) is 35.4 Å². The van der Waals surface area contributed by atoms with Gasteiger partial charge in [-0.3, -0.25) is 4.79 Å². The fourth-order valence-electron chi connectivity index (χ4n) is 2.29. The normalized spacial score (nSPS) is 15.6. The van der Waals surface area contributed by atoms with Crippen LogP contribution >= 0.6 is 0 Å². The largest absolute Gasteiger partial charge is 0.352 e. The summed E-state index contributed by atoms with van der Waals surface area (Å²) in [5, 5.41) is 3.02. The van der Waals surface area contributed by atoms with Gasteiger partial charge in [0.25, 0.3) is 0 Å². The second kappa shape index (κ2) is 8.18. The Morgan fingerprint density at radius 1 is 1.14 bits per heavy atom. The molecule has 0 aliphatic rings. The molecule has 3 unspecified atom stereocenters. The van der Waals surface area contributed by atoms with Crippen LogP contribution in [0.1, 0.15) is 58.1 Å². The molecule has 0 fully saturated rings. The molecular formula is C18H30N2O. The van der Waals surface area contributed by atoms with Crippen LogP contribution in [0.4, 0.5) is 0 Å². The number of hydrogen-bond acceptors (Lipinski definition) is 2. The van der Waals surface area contributed by atoms with Gasteiger partial charge in [-0.1, -0.05) is 58.4 Å². The molecule has 118 valence electrons. The molecule has 1 aromatic rings. The van der Waals surface area contributed by atoms with Crippen molar-refractivity contribution in [1.82, 2.24) is 5.32 Å². The zero-order chi connectivity index (χ0) is 16.0. The molecule has 3 atom stereocenters. The van der Waals surface area contributed by atoms with Gasteiger partial charge < -0.3 is 11.1 Å². The highest BCUT2D eigenvalue weighted by atomic mass is 16.2. The first-order valence-electron chi connectivity index (χ1n) is 7.99. The van der Waals surface area contributed by atoms with Gasteiger partial charge in [-0.05, 0) is 36.3 Å². The van der Waals surface area contributed by atoms with E-state index in [2.05, 4.69) is 50.4 Å². The van der Waals surface area contributed by atoms with Gasteiger partial charge in [0.15, 0.2) is 0 Å². The predicted octanol–water partition coefficient (Wildman–Crippen LogP) is 3.23. The maximum atomic E-state index is 12.1. The van der Waals surface area contributed by atoms with E-state index in [1.54, 1.807) is 0 Å². The number of carbonyl (C=O) groups excluding carboxylic acids is 1. The van der Waals surface area contributed by atoms with E-state index in [4.69, 9.17) is 5.73 Å². The lowest BCUT2D eigenvalue weighted by Crippen LogP contribution is -2.48. The van der Waals surface area contributed by atoms with E-state index in [-0.39, 0.29) is 17.9 Å². The summed E-state index contributed by atoms with van der Waals surface area (Å²) in [6.07, 6.45) is 1.75. The Labute approximate surface area is 129 Å². The van der Waals surface area contributed by atoms with Crippen LogP contribution in [0.25, 0.3) is 0 Å². The van der Waals surface area contributed by atoms with E-state index in [9.17, 15) is 4.79 Å².